The van der Waals surface area contributed by atoms with Crippen LogP contribution in [0.4, 0.5) is 18.3 Å². The Bertz CT molecular complexity index is 975. The monoisotopic (exact) mass is 417 g/mol. The number of alkyl halides is 3. The molecule has 0 aliphatic rings. The Hall–Kier alpha value is -2.16. The van der Waals surface area contributed by atoms with Crippen molar-refractivity contribution in [3.8, 4) is 11.3 Å². The lowest BCUT2D eigenvalue weighted by Crippen LogP contribution is -2.12. The molecule has 1 aromatic carbocycles. The van der Waals surface area contributed by atoms with Gasteiger partial charge >= 0.3 is 6.18 Å². The minimum Gasteiger partial charge on any atom is -0.298 e. The molecule has 1 amide bonds. The quantitative estimate of drug-likeness (QED) is 0.549. The number of pyridine rings is 1. The molecule has 3 aromatic rings. The van der Waals surface area contributed by atoms with Crippen molar-refractivity contribution in [2.24, 2.45) is 0 Å². The molecule has 0 aliphatic carbocycles. The number of aromatic nitrogens is 2. The molecular weight excluding hydrogens is 410 g/mol. The van der Waals surface area contributed by atoms with Gasteiger partial charge in [0.05, 0.1) is 16.8 Å². The largest absolute Gasteiger partial charge is 0.416 e. The van der Waals surface area contributed by atoms with Gasteiger partial charge in [0.15, 0.2) is 5.13 Å². The number of rotatable bonds is 3. The van der Waals surface area contributed by atoms with Crippen LogP contribution in [-0.2, 0) is 6.18 Å². The standard InChI is InChI=1S/C16H8Cl2F3N3OS/c17-12-5-4-10(13(18)23-12)14(25)24-15-22-11(7-26-15)8-2-1-3-9(6-8)16(19,20)21/h1-7H,(H,22,24,25). The third kappa shape index (κ3) is 4.14. The van der Waals surface area contributed by atoms with E-state index in [1.807, 2.05) is 0 Å². The first kappa shape index (κ1) is 18.6. The van der Waals surface area contributed by atoms with Gasteiger partial charge in [0, 0.05) is 10.9 Å². The Kier molecular flexibility index (Phi) is 5.17. The van der Waals surface area contributed by atoms with E-state index >= 15 is 0 Å². The number of thiazole rings is 1. The van der Waals surface area contributed by atoms with E-state index in [9.17, 15) is 18.0 Å². The zero-order valence-electron chi connectivity index (χ0n) is 12.6. The fourth-order valence-electron chi connectivity index (χ4n) is 2.06. The average molecular weight is 418 g/mol. The molecule has 0 saturated heterocycles. The number of amides is 1. The van der Waals surface area contributed by atoms with Crippen LogP contribution in [0.3, 0.4) is 0 Å². The number of hydrogen-bond acceptors (Lipinski definition) is 4. The number of benzene rings is 1. The molecule has 0 aliphatic heterocycles. The second-order valence-corrected chi connectivity index (χ2v) is 6.65. The Morgan fingerprint density at radius 3 is 2.58 bits per heavy atom. The van der Waals surface area contributed by atoms with Crippen molar-refractivity contribution >= 4 is 45.6 Å². The van der Waals surface area contributed by atoms with Crippen molar-refractivity contribution in [1.29, 1.82) is 0 Å². The van der Waals surface area contributed by atoms with Gasteiger partial charge in [-0.15, -0.1) is 11.3 Å². The van der Waals surface area contributed by atoms with Gasteiger partial charge in [-0.2, -0.15) is 13.2 Å². The highest BCUT2D eigenvalue weighted by Gasteiger charge is 2.30. The zero-order chi connectivity index (χ0) is 18.9. The van der Waals surface area contributed by atoms with E-state index in [1.54, 1.807) is 5.38 Å². The average Bonchev–Trinajstić information content (AvgIpc) is 3.02. The molecule has 3 rings (SSSR count). The maximum atomic E-state index is 12.8. The third-order valence-electron chi connectivity index (χ3n) is 3.27. The molecule has 0 unspecified atom stereocenters. The van der Waals surface area contributed by atoms with E-state index < -0.39 is 17.6 Å². The third-order valence-corrected chi connectivity index (χ3v) is 4.53. The fraction of sp³-hybridized carbons (Fsp3) is 0.0625. The second-order valence-electron chi connectivity index (χ2n) is 5.04. The Morgan fingerprint density at radius 2 is 1.88 bits per heavy atom. The van der Waals surface area contributed by atoms with Crippen LogP contribution in [0.2, 0.25) is 10.3 Å². The molecule has 2 heterocycles. The van der Waals surface area contributed by atoms with Crippen molar-refractivity contribution in [2.45, 2.75) is 6.18 Å². The van der Waals surface area contributed by atoms with Gasteiger partial charge < -0.3 is 0 Å². The normalized spacial score (nSPS) is 11.4. The molecule has 0 radical (unpaired) electrons. The van der Waals surface area contributed by atoms with Gasteiger partial charge in [0.25, 0.3) is 5.91 Å². The fourth-order valence-corrected chi connectivity index (χ4v) is 3.21. The van der Waals surface area contributed by atoms with Crippen molar-refractivity contribution < 1.29 is 18.0 Å². The summed E-state index contributed by atoms with van der Waals surface area (Å²) in [7, 11) is 0. The van der Waals surface area contributed by atoms with Gasteiger partial charge in [-0.05, 0) is 24.3 Å². The number of carbonyl (C=O) groups excluding carboxylic acids is 1. The van der Waals surface area contributed by atoms with E-state index in [0.29, 0.717) is 11.3 Å². The first-order chi connectivity index (χ1) is 12.2. The molecule has 0 atom stereocenters. The number of anilines is 1. The summed E-state index contributed by atoms with van der Waals surface area (Å²) in [6, 6.07) is 7.62. The summed E-state index contributed by atoms with van der Waals surface area (Å²) < 4.78 is 38.4. The highest BCUT2D eigenvalue weighted by molar-refractivity contribution is 7.14. The smallest absolute Gasteiger partial charge is 0.298 e. The molecule has 4 nitrogen and oxygen atoms in total. The molecule has 0 spiro atoms. The number of halogens is 5. The summed E-state index contributed by atoms with van der Waals surface area (Å²) in [5.74, 6) is -0.552. The van der Waals surface area contributed by atoms with Gasteiger partial charge in [0.2, 0.25) is 0 Å². The van der Waals surface area contributed by atoms with E-state index in [4.69, 9.17) is 23.2 Å². The predicted molar refractivity (Wildman–Crippen MR) is 94.8 cm³/mol. The summed E-state index contributed by atoms with van der Waals surface area (Å²) in [5, 5.41) is 4.38. The van der Waals surface area contributed by atoms with Crippen LogP contribution >= 0.6 is 34.5 Å². The number of hydrogen-bond donors (Lipinski definition) is 1. The highest BCUT2D eigenvalue weighted by Crippen LogP contribution is 2.33. The molecule has 0 saturated carbocycles. The van der Waals surface area contributed by atoms with Gasteiger partial charge in [0.1, 0.15) is 10.3 Å². The summed E-state index contributed by atoms with van der Waals surface area (Å²) in [4.78, 5) is 20.1. The Balaban J connectivity index is 1.81. The maximum Gasteiger partial charge on any atom is 0.416 e. The molecule has 26 heavy (non-hydrogen) atoms. The summed E-state index contributed by atoms with van der Waals surface area (Å²) in [5.41, 5.74) is -0.0565. The summed E-state index contributed by atoms with van der Waals surface area (Å²) >= 11 is 12.6. The first-order valence-electron chi connectivity index (χ1n) is 7.00. The van der Waals surface area contributed by atoms with E-state index in [2.05, 4.69) is 15.3 Å². The van der Waals surface area contributed by atoms with E-state index in [0.717, 1.165) is 23.5 Å². The number of carbonyl (C=O) groups is 1. The van der Waals surface area contributed by atoms with E-state index in [-0.39, 0.29) is 21.0 Å². The number of nitrogens with zero attached hydrogens (tertiary/aromatic N) is 2. The minimum atomic E-state index is -4.44. The number of nitrogens with one attached hydrogen (secondary N) is 1. The van der Waals surface area contributed by atoms with Crippen LogP contribution in [-0.4, -0.2) is 15.9 Å². The van der Waals surface area contributed by atoms with Crippen LogP contribution in [0.25, 0.3) is 11.3 Å². The molecule has 0 bridgehead atoms. The lowest BCUT2D eigenvalue weighted by atomic mass is 10.1. The summed E-state index contributed by atoms with van der Waals surface area (Å²) in [6.45, 7) is 0. The molecule has 134 valence electrons. The lowest BCUT2D eigenvalue weighted by Gasteiger charge is -2.07. The lowest BCUT2D eigenvalue weighted by molar-refractivity contribution is -0.137. The van der Waals surface area contributed by atoms with Gasteiger partial charge in [-0.25, -0.2) is 9.97 Å². The highest BCUT2D eigenvalue weighted by atomic mass is 35.5. The molecule has 1 N–H and O–H groups in total. The van der Waals surface area contributed by atoms with Crippen molar-refractivity contribution in [2.75, 3.05) is 5.32 Å². The van der Waals surface area contributed by atoms with Crippen LogP contribution in [0.1, 0.15) is 15.9 Å². The molecule has 2 aromatic heterocycles. The first-order valence-corrected chi connectivity index (χ1v) is 8.64. The Labute approximate surface area is 159 Å². The van der Waals surface area contributed by atoms with Crippen molar-refractivity contribution in [3.05, 3.63) is 63.2 Å². The maximum absolute atomic E-state index is 12.8. The minimum absolute atomic E-state index is 0.0651. The topological polar surface area (TPSA) is 54.9 Å². The van der Waals surface area contributed by atoms with Gasteiger partial charge in [-0.1, -0.05) is 35.3 Å². The van der Waals surface area contributed by atoms with Gasteiger partial charge in [-0.3, -0.25) is 10.1 Å². The second kappa shape index (κ2) is 7.22. The Morgan fingerprint density at radius 1 is 1.12 bits per heavy atom. The molecule has 10 heteroatoms. The van der Waals surface area contributed by atoms with Crippen LogP contribution in [0.5, 0.6) is 0 Å². The van der Waals surface area contributed by atoms with Crippen LogP contribution in [0.15, 0.2) is 41.8 Å². The summed E-state index contributed by atoms with van der Waals surface area (Å²) in [6.07, 6.45) is -4.44. The molecular formula is C16H8Cl2F3N3OS. The van der Waals surface area contributed by atoms with Crippen LogP contribution in [0, 0.1) is 0 Å². The van der Waals surface area contributed by atoms with E-state index in [1.165, 1.54) is 24.3 Å². The predicted octanol–water partition coefficient (Wildman–Crippen LogP) is 5.78. The SMILES string of the molecule is O=C(Nc1nc(-c2cccc(C(F)(F)F)c2)cs1)c1ccc(Cl)nc1Cl. The van der Waals surface area contributed by atoms with Crippen LogP contribution < -0.4 is 5.32 Å². The van der Waals surface area contributed by atoms with Crippen molar-refractivity contribution in [1.82, 2.24) is 9.97 Å². The molecule has 0 fully saturated rings. The zero-order valence-corrected chi connectivity index (χ0v) is 15.0. The van der Waals surface area contributed by atoms with Crippen molar-refractivity contribution in [3.63, 3.8) is 0 Å².